The fraction of sp³-hybridized carbons (Fsp3) is 0.185. The third-order valence-electron chi connectivity index (χ3n) is 6.22. The van der Waals surface area contributed by atoms with Crippen molar-refractivity contribution in [2.24, 2.45) is 5.92 Å². The van der Waals surface area contributed by atoms with Crippen molar-refractivity contribution in [3.63, 3.8) is 0 Å². The summed E-state index contributed by atoms with van der Waals surface area (Å²) in [7, 11) is 1.37. The van der Waals surface area contributed by atoms with Crippen LogP contribution in [-0.4, -0.2) is 68.6 Å². The quantitative estimate of drug-likeness (QED) is 0.188. The van der Waals surface area contributed by atoms with Gasteiger partial charge < -0.3 is 20.5 Å². The number of hydrogen-bond acceptors (Lipinski definition) is 8. The molecule has 3 heterocycles. The van der Waals surface area contributed by atoms with E-state index in [0.717, 1.165) is 33.9 Å². The molecular weight excluding hydrogens is 540 g/mol. The average Bonchev–Trinajstić information content (AvgIpc) is 3.36. The van der Waals surface area contributed by atoms with Gasteiger partial charge in [-0.2, -0.15) is 9.89 Å². The first-order valence-electron chi connectivity index (χ1n) is 12.4. The number of nitrogens with one attached hydrogen (secondary N) is 3. The molecule has 2 aromatic carbocycles. The smallest absolute Gasteiger partial charge is 0.453 e. The first-order valence-corrected chi connectivity index (χ1v) is 12.4. The van der Waals surface area contributed by atoms with Crippen LogP contribution < -0.4 is 20.3 Å². The Morgan fingerprint density at radius 3 is 2.63 bits per heavy atom. The van der Waals surface area contributed by atoms with Crippen LogP contribution in [0.2, 0.25) is 0 Å². The average molecular weight is 565 g/mol. The molecule has 0 saturated heterocycles. The number of aliphatic hydroxyl groups is 1. The molecule has 2 atom stereocenters. The lowest BCUT2D eigenvalue weighted by Crippen LogP contribution is -2.53. The first-order chi connectivity index (χ1) is 19.7. The molecule has 0 radical (unpaired) electrons. The topological polar surface area (TPSA) is 153 Å². The maximum Gasteiger partial charge on any atom is 0.505 e. The molecule has 4 aromatic rings. The van der Waals surface area contributed by atoms with Crippen LogP contribution in [0.4, 0.5) is 30.8 Å². The zero-order valence-corrected chi connectivity index (χ0v) is 21.8. The number of benzene rings is 2. The van der Waals surface area contributed by atoms with Gasteiger partial charge in [0.15, 0.2) is 28.9 Å². The van der Waals surface area contributed by atoms with Crippen molar-refractivity contribution in [2.45, 2.75) is 13.0 Å². The van der Waals surface area contributed by atoms with Gasteiger partial charge in [0.1, 0.15) is 22.6 Å². The number of nitrogens with zero attached hydrogens (tertiary/aromatic N) is 4. The molecule has 4 amide bonds. The predicted molar refractivity (Wildman–Crippen MR) is 144 cm³/mol. The predicted octanol–water partition coefficient (Wildman–Crippen LogP) is 3.26. The van der Waals surface area contributed by atoms with Crippen molar-refractivity contribution < 1.29 is 37.6 Å². The third kappa shape index (κ3) is 5.45. The number of amides is 4. The number of aromatic nitrogens is 3. The summed E-state index contributed by atoms with van der Waals surface area (Å²) in [5, 5.41) is 22.2. The maximum atomic E-state index is 15.1. The van der Waals surface area contributed by atoms with E-state index in [4.69, 9.17) is 4.74 Å². The van der Waals surface area contributed by atoms with Crippen LogP contribution >= 0.6 is 0 Å². The number of ether oxygens (including phenoxy) is 1. The number of carbonyl (C=O) groups excluding carboxylic acids is 3. The van der Waals surface area contributed by atoms with E-state index in [-0.39, 0.29) is 35.5 Å². The molecule has 0 fully saturated rings. The Balaban J connectivity index is 1.35. The third-order valence-corrected chi connectivity index (χ3v) is 6.22. The van der Waals surface area contributed by atoms with E-state index in [1.54, 1.807) is 6.92 Å². The highest BCUT2D eigenvalue weighted by molar-refractivity contribution is 6.28. The van der Waals surface area contributed by atoms with E-state index in [2.05, 4.69) is 25.8 Å². The Morgan fingerprint density at radius 1 is 1.17 bits per heavy atom. The summed E-state index contributed by atoms with van der Waals surface area (Å²) in [5.74, 6) is -4.00. The molecule has 4 N–H and O–H groups in total. The number of aromatic amines is 1. The molecule has 2 aromatic heterocycles. The number of halogens is 2. The highest BCUT2D eigenvalue weighted by Gasteiger charge is 2.46. The zero-order chi connectivity index (χ0) is 29.3. The van der Waals surface area contributed by atoms with Crippen LogP contribution in [0.3, 0.4) is 0 Å². The second kappa shape index (κ2) is 11.1. The monoisotopic (exact) mass is 564 g/mol. The summed E-state index contributed by atoms with van der Waals surface area (Å²) < 4.78 is 35.3. The largest absolute Gasteiger partial charge is 0.505 e. The number of fused-ring (bicyclic) bond motifs is 1. The van der Waals surface area contributed by atoms with Crippen LogP contribution in [0.25, 0.3) is 11.0 Å². The molecule has 0 aliphatic carbocycles. The van der Waals surface area contributed by atoms with E-state index < -0.39 is 35.4 Å². The number of anilines is 3. The van der Waals surface area contributed by atoms with Crippen molar-refractivity contribution >= 4 is 52.3 Å². The van der Waals surface area contributed by atoms with E-state index in [0.29, 0.717) is 16.9 Å². The molecule has 0 saturated carbocycles. The van der Waals surface area contributed by atoms with Crippen LogP contribution in [0.15, 0.2) is 54.7 Å². The molecule has 0 bridgehead atoms. The van der Waals surface area contributed by atoms with Crippen LogP contribution in [0.5, 0.6) is 11.5 Å². The molecule has 210 valence electrons. The summed E-state index contributed by atoms with van der Waals surface area (Å²) in [5.41, 5.74) is 0.515. The number of rotatable bonds is 8. The highest BCUT2D eigenvalue weighted by atomic mass is 19.1. The number of H-pyrrole nitrogens is 1. The minimum Gasteiger partial charge on any atom is -0.453 e. The van der Waals surface area contributed by atoms with Crippen LogP contribution in [0.1, 0.15) is 6.92 Å². The molecule has 1 unspecified atom stereocenters. The van der Waals surface area contributed by atoms with E-state index in [9.17, 15) is 23.9 Å². The van der Waals surface area contributed by atoms with Gasteiger partial charge in [0.05, 0.1) is 19.9 Å². The molecule has 0 spiro atoms. The van der Waals surface area contributed by atoms with Crippen LogP contribution in [-0.2, 0) is 9.59 Å². The second-order valence-corrected chi connectivity index (χ2v) is 9.24. The summed E-state index contributed by atoms with van der Waals surface area (Å²) in [6.07, 6.45) is 2.60. The standard InChI is InChI=1S/C27H23F2N7O5/c1-14(13-37)31-24-22-21(9-10-30-23(22)33-34-24)41-20-8-5-16(11-19(20)29)32-25(38)18-12-35(2)27(40)36(26(18)39)17-6-3-15(28)4-7-17/h3-12,14,18,37H,13H2,1-2H3,(H2-,30,31,32,33,34,38)/p+1/t14-,18?/m1/s1. The lowest BCUT2D eigenvalue weighted by molar-refractivity contribution is -0.389. The molecule has 12 nitrogen and oxygen atoms in total. The van der Waals surface area contributed by atoms with Gasteiger partial charge in [-0.05, 0) is 43.3 Å². The fourth-order valence-corrected chi connectivity index (χ4v) is 4.14. The summed E-state index contributed by atoms with van der Waals surface area (Å²) in [4.78, 5) is 43.7. The van der Waals surface area contributed by atoms with Gasteiger partial charge in [-0.15, -0.1) is 4.90 Å². The fourth-order valence-electron chi connectivity index (χ4n) is 4.14. The van der Waals surface area contributed by atoms with Crippen molar-refractivity contribution in [1.29, 1.82) is 0 Å². The number of pyridine rings is 1. The Labute approximate surface area is 231 Å². The Hall–Kier alpha value is -5.24. The van der Waals surface area contributed by atoms with Gasteiger partial charge in [-0.3, -0.25) is 9.89 Å². The Bertz CT molecular complexity index is 1690. The van der Waals surface area contributed by atoms with Crippen LogP contribution in [0, 0.1) is 17.6 Å². The Morgan fingerprint density at radius 2 is 1.93 bits per heavy atom. The highest BCUT2D eigenvalue weighted by Crippen LogP contribution is 2.34. The summed E-state index contributed by atoms with van der Waals surface area (Å²) in [6.45, 7) is 1.60. The first kappa shape index (κ1) is 27.3. The number of hydrogen-bond donors (Lipinski definition) is 4. The molecule has 14 heteroatoms. The minimum atomic E-state index is -1.42. The van der Waals surface area contributed by atoms with Gasteiger partial charge in [0.25, 0.3) is 0 Å². The molecule has 1 aliphatic heterocycles. The second-order valence-electron chi connectivity index (χ2n) is 9.24. The molecule has 41 heavy (non-hydrogen) atoms. The number of aliphatic hydroxyl groups excluding tert-OH is 1. The summed E-state index contributed by atoms with van der Waals surface area (Å²) in [6, 6.07) is 8.88. The minimum absolute atomic E-state index is 0.0382. The van der Waals surface area contributed by atoms with E-state index in [1.165, 1.54) is 43.6 Å². The molecule has 5 rings (SSSR count). The SMILES string of the molecule is C[C@H](CO)Nc1n[nH]c2nccc(Oc3ccc(NC(=O)C4C=[N+](C)C(=O)N(c5ccc(F)cc5)C4=O)cc3F)c12. The van der Waals surface area contributed by atoms with Crippen molar-refractivity contribution in [1.82, 2.24) is 15.2 Å². The lowest BCUT2D eigenvalue weighted by atomic mass is 10.1. The van der Waals surface area contributed by atoms with Crippen molar-refractivity contribution in [3.8, 4) is 11.5 Å². The number of carbonyl (C=O) groups is 3. The maximum absolute atomic E-state index is 15.1. The van der Waals surface area contributed by atoms with Gasteiger partial charge in [0, 0.05) is 30.1 Å². The summed E-state index contributed by atoms with van der Waals surface area (Å²) >= 11 is 0. The van der Waals surface area contributed by atoms with Gasteiger partial charge >= 0.3 is 11.9 Å². The van der Waals surface area contributed by atoms with Crippen molar-refractivity contribution in [2.75, 3.05) is 29.2 Å². The lowest BCUT2D eigenvalue weighted by Gasteiger charge is -2.21. The zero-order valence-electron chi connectivity index (χ0n) is 21.8. The van der Waals surface area contributed by atoms with E-state index >= 15 is 4.39 Å². The van der Waals surface area contributed by atoms with Crippen molar-refractivity contribution in [3.05, 3.63) is 66.4 Å². The number of imide groups is 1. The molecule has 1 aliphatic rings. The van der Waals surface area contributed by atoms with Gasteiger partial charge in [0.2, 0.25) is 5.91 Å². The van der Waals surface area contributed by atoms with Gasteiger partial charge in [-0.1, -0.05) is 0 Å². The normalized spacial score (nSPS) is 16.0. The molecular formula is C27H24F2N7O5+. The Kier molecular flexibility index (Phi) is 7.40. The van der Waals surface area contributed by atoms with E-state index in [1.807, 2.05) is 0 Å². The van der Waals surface area contributed by atoms with Gasteiger partial charge in [-0.25, -0.2) is 23.1 Å². The number of urea groups is 1.